The van der Waals surface area contributed by atoms with Crippen LogP contribution in [0.25, 0.3) is 0 Å². The van der Waals surface area contributed by atoms with E-state index in [1.165, 1.54) is 83.1 Å². The molecule has 0 atom stereocenters. The van der Waals surface area contributed by atoms with E-state index in [1.54, 1.807) is 10.8 Å². The lowest BCUT2D eigenvalue weighted by Gasteiger charge is -2.38. The molecule has 0 aliphatic heterocycles. The summed E-state index contributed by atoms with van der Waals surface area (Å²) in [6.07, 6.45) is 18.6. The van der Waals surface area contributed by atoms with Crippen molar-refractivity contribution >= 4 is 13.3 Å². The molecule has 2 aliphatic carbocycles. The molecular formula is C28H48OSi. The Kier molecular flexibility index (Phi) is 9.51. The molecule has 1 nitrogen and oxygen atoms in total. The van der Waals surface area contributed by atoms with E-state index in [9.17, 15) is 5.11 Å². The maximum Gasteiger partial charge on any atom is 0.0807 e. The Balaban J connectivity index is 1.43. The number of hydrogen-bond acceptors (Lipinski definition) is 1. The molecule has 0 unspecified atom stereocenters. The van der Waals surface area contributed by atoms with Crippen molar-refractivity contribution in [3.63, 3.8) is 0 Å². The third kappa shape index (κ3) is 6.70. The van der Waals surface area contributed by atoms with Crippen LogP contribution >= 0.6 is 0 Å². The predicted octanol–water partition coefficient (Wildman–Crippen LogP) is 7.64. The molecule has 0 bridgehead atoms. The Morgan fingerprint density at radius 2 is 1.40 bits per heavy atom. The van der Waals surface area contributed by atoms with Gasteiger partial charge in [-0.3, -0.25) is 0 Å². The highest BCUT2D eigenvalue weighted by molar-refractivity contribution is 6.89. The average molecular weight is 429 g/mol. The maximum atomic E-state index is 9.19. The lowest BCUT2D eigenvalue weighted by Crippen LogP contribution is -2.41. The van der Waals surface area contributed by atoms with Crippen LogP contribution in [0.15, 0.2) is 24.3 Å². The second kappa shape index (κ2) is 11.9. The van der Waals surface area contributed by atoms with Crippen molar-refractivity contribution in [2.75, 3.05) is 6.61 Å². The molecule has 0 spiro atoms. The van der Waals surface area contributed by atoms with Gasteiger partial charge in [-0.25, -0.2) is 0 Å². The van der Waals surface area contributed by atoms with Crippen molar-refractivity contribution in [2.45, 2.75) is 115 Å². The second-order valence-electron chi connectivity index (χ2n) is 11.2. The first-order chi connectivity index (χ1) is 14.5. The van der Waals surface area contributed by atoms with Crippen LogP contribution in [0, 0.1) is 17.8 Å². The fourth-order valence-electron chi connectivity index (χ4n) is 6.43. The van der Waals surface area contributed by atoms with Crippen molar-refractivity contribution in [3.05, 3.63) is 29.8 Å². The summed E-state index contributed by atoms with van der Waals surface area (Å²) in [5.74, 6) is 3.90. The first-order valence-electron chi connectivity index (χ1n) is 13.2. The number of benzene rings is 1. The van der Waals surface area contributed by atoms with Gasteiger partial charge in [0.2, 0.25) is 0 Å². The van der Waals surface area contributed by atoms with Gasteiger partial charge in [0.1, 0.15) is 0 Å². The average Bonchev–Trinajstić information content (AvgIpc) is 2.79. The van der Waals surface area contributed by atoms with Crippen molar-refractivity contribution in [1.82, 2.24) is 0 Å². The predicted molar refractivity (Wildman–Crippen MR) is 134 cm³/mol. The molecule has 1 aromatic carbocycles. The Bertz CT molecular complexity index is 592. The van der Waals surface area contributed by atoms with Crippen molar-refractivity contribution in [2.24, 2.45) is 17.8 Å². The molecule has 2 heteroatoms. The zero-order valence-corrected chi connectivity index (χ0v) is 21.2. The van der Waals surface area contributed by atoms with Crippen molar-refractivity contribution in [3.8, 4) is 0 Å². The van der Waals surface area contributed by atoms with E-state index < -0.39 is 8.07 Å². The van der Waals surface area contributed by atoms with Gasteiger partial charge in [0.05, 0.1) is 8.07 Å². The van der Waals surface area contributed by atoms with Crippen LogP contribution in [-0.4, -0.2) is 19.8 Å². The van der Waals surface area contributed by atoms with Crippen LogP contribution in [-0.2, 0) is 0 Å². The molecule has 170 valence electrons. The first kappa shape index (κ1) is 24.0. The third-order valence-electron chi connectivity index (χ3n) is 8.67. The summed E-state index contributed by atoms with van der Waals surface area (Å²) < 4.78 is 0. The molecule has 3 rings (SSSR count). The summed E-state index contributed by atoms with van der Waals surface area (Å²) in [5.41, 5.74) is 1.59. The minimum Gasteiger partial charge on any atom is -0.396 e. The van der Waals surface area contributed by atoms with E-state index in [2.05, 4.69) is 44.3 Å². The van der Waals surface area contributed by atoms with Gasteiger partial charge < -0.3 is 5.11 Å². The van der Waals surface area contributed by atoms with Gasteiger partial charge in [0.25, 0.3) is 0 Å². The summed E-state index contributed by atoms with van der Waals surface area (Å²) in [4.78, 5) is 0. The number of aliphatic hydroxyl groups excluding tert-OH is 1. The fourth-order valence-corrected chi connectivity index (χ4v) is 8.83. The van der Waals surface area contributed by atoms with Crippen LogP contribution in [0.3, 0.4) is 0 Å². The van der Waals surface area contributed by atoms with Gasteiger partial charge in [-0.05, 0) is 74.2 Å². The van der Waals surface area contributed by atoms with Gasteiger partial charge >= 0.3 is 0 Å². The molecule has 0 aromatic heterocycles. The number of unbranched alkanes of at least 4 members (excludes halogenated alkanes) is 2. The van der Waals surface area contributed by atoms with Gasteiger partial charge in [0, 0.05) is 6.61 Å². The highest BCUT2D eigenvalue weighted by atomic mass is 28.3. The van der Waals surface area contributed by atoms with E-state index in [0.29, 0.717) is 6.61 Å². The maximum absolute atomic E-state index is 9.19. The third-order valence-corrected chi connectivity index (χ3v) is 12.2. The Morgan fingerprint density at radius 3 is 1.97 bits per heavy atom. The van der Waals surface area contributed by atoms with Crippen LogP contribution in [0.5, 0.6) is 0 Å². The lowest BCUT2D eigenvalue weighted by atomic mass is 9.68. The van der Waals surface area contributed by atoms with E-state index in [0.717, 1.165) is 30.1 Å². The zero-order valence-electron chi connectivity index (χ0n) is 20.2. The molecule has 0 saturated heterocycles. The van der Waals surface area contributed by atoms with Crippen LogP contribution < -0.4 is 5.19 Å². The molecular weight excluding hydrogens is 380 g/mol. The Hall–Kier alpha value is -0.603. The summed E-state index contributed by atoms with van der Waals surface area (Å²) in [7, 11) is -1.38. The van der Waals surface area contributed by atoms with Crippen LogP contribution in [0.1, 0.15) is 102 Å². The summed E-state index contributed by atoms with van der Waals surface area (Å²) >= 11 is 0. The summed E-state index contributed by atoms with van der Waals surface area (Å²) in [5, 5.41) is 10.7. The highest BCUT2D eigenvalue weighted by Gasteiger charge is 2.31. The van der Waals surface area contributed by atoms with Crippen LogP contribution in [0.2, 0.25) is 19.1 Å². The number of aliphatic hydroxyl groups is 1. The molecule has 0 heterocycles. The lowest BCUT2D eigenvalue weighted by molar-refractivity contribution is 0.155. The van der Waals surface area contributed by atoms with E-state index >= 15 is 0 Å². The molecule has 0 amide bonds. The minimum absolute atomic E-state index is 0.332. The molecule has 30 heavy (non-hydrogen) atoms. The van der Waals surface area contributed by atoms with Gasteiger partial charge in [-0.2, -0.15) is 0 Å². The zero-order chi connectivity index (χ0) is 21.4. The SMILES string of the molecule is CCCCCC1CCC(C2CCC(c3ccc([Si](C)(C)CCCO)cc3)CC2)CC1. The van der Waals surface area contributed by atoms with Crippen molar-refractivity contribution < 1.29 is 5.11 Å². The smallest absolute Gasteiger partial charge is 0.0807 e. The van der Waals surface area contributed by atoms with Gasteiger partial charge in [0.15, 0.2) is 0 Å². The highest BCUT2D eigenvalue weighted by Crippen LogP contribution is 2.44. The van der Waals surface area contributed by atoms with E-state index in [-0.39, 0.29) is 0 Å². The summed E-state index contributed by atoms with van der Waals surface area (Å²) in [6, 6.07) is 10.9. The van der Waals surface area contributed by atoms with Gasteiger partial charge in [-0.1, -0.05) is 94.0 Å². The standard InChI is InChI=1S/C28H48OSi/c1-4-5-6-8-23-9-11-24(12-10-23)25-13-15-26(16-14-25)27-17-19-28(20-18-27)30(2,3)22-7-21-29/h17-20,23-26,29H,4-16,21-22H2,1-3H3. The van der Waals surface area contributed by atoms with Crippen LogP contribution in [0.4, 0.5) is 0 Å². The monoisotopic (exact) mass is 428 g/mol. The normalized spacial score (nSPS) is 27.9. The molecule has 2 saturated carbocycles. The van der Waals surface area contributed by atoms with E-state index in [4.69, 9.17) is 0 Å². The topological polar surface area (TPSA) is 20.2 Å². The summed E-state index contributed by atoms with van der Waals surface area (Å²) in [6.45, 7) is 7.55. The molecule has 1 aromatic rings. The molecule has 0 radical (unpaired) electrons. The molecule has 1 N–H and O–H groups in total. The Labute approximate surface area is 188 Å². The minimum atomic E-state index is -1.38. The van der Waals surface area contributed by atoms with Gasteiger partial charge in [-0.15, -0.1) is 0 Å². The first-order valence-corrected chi connectivity index (χ1v) is 16.5. The fraction of sp³-hybridized carbons (Fsp3) is 0.786. The second-order valence-corrected chi connectivity index (χ2v) is 16.1. The molecule has 2 aliphatic rings. The Morgan fingerprint density at radius 1 is 0.800 bits per heavy atom. The quantitative estimate of drug-likeness (QED) is 0.300. The molecule has 2 fully saturated rings. The number of rotatable bonds is 10. The number of hydrogen-bond donors (Lipinski definition) is 1. The largest absolute Gasteiger partial charge is 0.396 e. The van der Waals surface area contributed by atoms with E-state index in [1.807, 2.05) is 0 Å². The van der Waals surface area contributed by atoms with Crippen molar-refractivity contribution in [1.29, 1.82) is 0 Å².